The standard InChI is InChI=1S/C23H27N3O4/c1-13(2)11-19(26-22(29)16-5-3-4-6-17(16)23(26)30)21(28)25-15-8-7-14-9-10-24-20(27)18(14)12-15/h3-4,7-8,12-13,16-17,19H,5-6,9-11H2,1-2H3,(H,24,27)(H,25,28). The van der Waals surface area contributed by atoms with Crippen molar-refractivity contribution in [2.75, 3.05) is 11.9 Å². The van der Waals surface area contributed by atoms with Crippen molar-refractivity contribution in [1.29, 1.82) is 0 Å². The lowest BCUT2D eigenvalue weighted by molar-refractivity contribution is -0.147. The Labute approximate surface area is 175 Å². The van der Waals surface area contributed by atoms with E-state index in [2.05, 4.69) is 10.6 Å². The average molecular weight is 409 g/mol. The fourth-order valence-corrected chi connectivity index (χ4v) is 4.62. The maximum atomic E-state index is 13.2. The lowest BCUT2D eigenvalue weighted by atomic mass is 9.85. The van der Waals surface area contributed by atoms with Crippen LogP contribution in [-0.2, 0) is 20.8 Å². The Morgan fingerprint density at radius 2 is 1.80 bits per heavy atom. The van der Waals surface area contributed by atoms with Gasteiger partial charge in [-0.25, -0.2) is 0 Å². The Morgan fingerprint density at radius 1 is 1.13 bits per heavy atom. The summed E-state index contributed by atoms with van der Waals surface area (Å²) in [4.78, 5) is 52.5. The molecule has 2 heterocycles. The van der Waals surface area contributed by atoms with Crippen molar-refractivity contribution in [2.45, 2.75) is 45.6 Å². The Balaban J connectivity index is 1.58. The van der Waals surface area contributed by atoms with E-state index in [1.54, 1.807) is 12.1 Å². The van der Waals surface area contributed by atoms with E-state index >= 15 is 0 Å². The fourth-order valence-electron chi connectivity index (χ4n) is 4.62. The number of rotatable bonds is 5. The van der Waals surface area contributed by atoms with Crippen molar-refractivity contribution in [3.05, 3.63) is 41.5 Å². The Bertz CT molecular complexity index is 910. The summed E-state index contributed by atoms with van der Waals surface area (Å²) in [6, 6.07) is 4.40. The molecule has 0 aromatic heterocycles. The van der Waals surface area contributed by atoms with Crippen molar-refractivity contribution in [2.24, 2.45) is 17.8 Å². The quantitative estimate of drug-likeness (QED) is 0.576. The molecule has 0 bridgehead atoms. The summed E-state index contributed by atoms with van der Waals surface area (Å²) >= 11 is 0. The van der Waals surface area contributed by atoms with Crippen molar-refractivity contribution in [3.8, 4) is 0 Å². The minimum absolute atomic E-state index is 0.122. The molecule has 2 aliphatic heterocycles. The monoisotopic (exact) mass is 409 g/mol. The van der Waals surface area contributed by atoms with Crippen LogP contribution < -0.4 is 10.6 Å². The molecule has 1 aromatic rings. The van der Waals surface area contributed by atoms with Gasteiger partial charge in [0.2, 0.25) is 17.7 Å². The smallest absolute Gasteiger partial charge is 0.251 e. The van der Waals surface area contributed by atoms with Gasteiger partial charge in [0.25, 0.3) is 5.91 Å². The fraction of sp³-hybridized carbons (Fsp3) is 0.478. The van der Waals surface area contributed by atoms with Crippen molar-refractivity contribution >= 4 is 29.3 Å². The van der Waals surface area contributed by atoms with Gasteiger partial charge in [-0.05, 0) is 49.3 Å². The highest BCUT2D eigenvalue weighted by Crippen LogP contribution is 2.37. The van der Waals surface area contributed by atoms with Gasteiger partial charge in [-0.3, -0.25) is 24.1 Å². The van der Waals surface area contributed by atoms with Crippen molar-refractivity contribution in [3.63, 3.8) is 0 Å². The molecule has 0 spiro atoms. The largest absolute Gasteiger partial charge is 0.352 e. The number of likely N-dealkylation sites (tertiary alicyclic amines) is 1. The first-order chi connectivity index (χ1) is 14.4. The first-order valence-electron chi connectivity index (χ1n) is 10.6. The summed E-state index contributed by atoms with van der Waals surface area (Å²) in [6.07, 6.45) is 6.10. The average Bonchev–Trinajstić information content (AvgIpc) is 2.97. The van der Waals surface area contributed by atoms with E-state index in [9.17, 15) is 19.2 Å². The Hall–Kier alpha value is -2.96. The van der Waals surface area contributed by atoms with Gasteiger partial charge < -0.3 is 10.6 Å². The predicted octanol–water partition coefficient (Wildman–Crippen LogP) is 2.28. The number of hydrogen-bond acceptors (Lipinski definition) is 4. The van der Waals surface area contributed by atoms with E-state index in [4.69, 9.17) is 0 Å². The van der Waals surface area contributed by atoms with Gasteiger partial charge in [0.15, 0.2) is 0 Å². The number of benzene rings is 1. The molecule has 1 aliphatic carbocycles. The lowest BCUT2D eigenvalue weighted by Crippen LogP contribution is -2.48. The van der Waals surface area contributed by atoms with Crippen LogP contribution in [0.2, 0.25) is 0 Å². The first-order valence-corrected chi connectivity index (χ1v) is 10.6. The van der Waals surface area contributed by atoms with Crippen LogP contribution in [0.15, 0.2) is 30.4 Å². The molecule has 1 fully saturated rings. The molecule has 1 aromatic carbocycles. The van der Waals surface area contributed by atoms with Gasteiger partial charge in [0, 0.05) is 17.8 Å². The zero-order chi connectivity index (χ0) is 21.4. The molecule has 3 aliphatic rings. The molecule has 3 atom stereocenters. The molecule has 7 nitrogen and oxygen atoms in total. The predicted molar refractivity (Wildman–Crippen MR) is 112 cm³/mol. The zero-order valence-electron chi connectivity index (χ0n) is 17.3. The van der Waals surface area contributed by atoms with E-state index in [-0.39, 0.29) is 35.5 Å². The summed E-state index contributed by atoms with van der Waals surface area (Å²) < 4.78 is 0. The molecule has 0 radical (unpaired) electrons. The first kappa shape index (κ1) is 20.3. The van der Waals surface area contributed by atoms with Crippen LogP contribution >= 0.6 is 0 Å². The zero-order valence-corrected chi connectivity index (χ0v) is 17.3. The summed E-state index contributed by atoms with van der Waals surface area (Å²) in [6.45, 7) is 4.52. The van der Waals surface area contributed by atoms with Gasteiger partial charge in [0.05, 0.1) is 11.8 Å². The number of fused-ring (bicyclic) bond motifs is 2. The van der Waals surface area contributed by atoms with Gasteiger partial charge >= 0.3 is 0 Å². The second-order valence-electron chi connectivity index (χ2n) is 8.71. The van der Waals surface area contributed by atoms with Crippen LogP contribution in [0.25, 0.3) is 0 Å². The maximum Gasteiger partial charge on any atom is 0.251 e. The number of nitrogens with zero attached hydrogens (tertiary/aromatic N) is 1. The van der Waals surface area contributed by atoms with Crippen LogP contribution in [0.3, 0.4) is 0 Å². The number of imide groups is 1. The highest BCUT2D eigenvalue weighted by Gasteiger charge is 2.51. The lowest BCUT2D eigenvalue weighted by Gasteiger charge is -2.27. The van der Waals surface area contributed by atoms with Crippen molar-refractivity contribution in [1.82, 2.24) is 10.2 Å². The molecule has 4 rings (SSSR count). The molecule has 158 valence electrons. The molecule has 7 heteroatoms. The van der Waals surface area contributed by atoms with Crippen LogP contribution in [0.1, 0.15) is 49.0 Å². The molecular formula is C23H27N3O4. The Morgan fingerprint density at radius 3 is 2.43 bits per heavy atom. The van der Waals surface area contributed by atoms with Crippen LogP contribution in [0.5, 0.6) is 0 Å². The number of hydrogen-bond donors (Lipinski definition) is 2. The van der Waals surface area contributed by atoms with E-state index in [1.165, 1.54) is 4.90 Å². The summed E-state index contributed by atoms with van der Waals surface area (Å²) in [5.74, 6) is -1.66. The normalized spacial score (nSPS) is 23.8. The van der Waals surface area contributed by atoms with E-state index in [0.29, 0.717) is 37.1 Å². The third-order valence-electron chi connectivity index (χ3n) is 6.15. The number of carbonyl (C=O) groups is 4. The second kappa shape index (κ2) is 8.05. The van der Waals surface area contributed by atoms with E-state index < -0.39 is 11.9 Å². The van der Waals surface area contributed by atoms with Crippen molar-refractivity contribution < 1.29 is 19.2 Å². The molecule has 1 saturated heterocycles. The molecule has 2 N–H and O–H groups in total. The third kappa shape index (κ3) is 3.64. The molecule has 3 unspecified atom stereocenters. The highest BCUT2D eigenvalue weighted by atomic mass is 16.2. The van der Waals surface area contributed by atoms with Gasteiger partial charge in [-0.15, -0.1) is 0 Å². The molecule has 0 saturated carbocycles. The summed E-state index contributed by atoms with van der Waals surface area (Å²) in [5.41, 5.74) is 1.98. The molecule has 30 heavy (non-hydrogen) atoms. The highest BCUT2D eigenvalue weighted by molar-refractivity contribution is 6.10. The van der Waals surface area contributed by atoms with Crippen LogP contribution in [-0.4, -0.2) is 41.1 Å². The minimum atomic E-state index is -0.861. The summed E-state index contributed by atoms with van der Waals surface area (Å²) in [7, 11) is 0. The van der Waals surface area contributed by atoms with Gasteiger partial charge in [0.1, 0.15) is 6.04 Å². The number of amides is 4. The SMILES string of the molecule is CC(C)CC(C(=O)Nc1ccc2c(c1)C(=O)NCC2)N1C(=O)C2CC=CCC2C1=O. The topological polar surface area (TPSA) is 95.6 Å². The van der Waals surface area contributed by atoms with E-state index in [1.807, 2.05) is 32.1 Å². The third-order valence-corrected chi connectivity index (χ3v) is 6.15. The van der Waals surface area contributed by atoms with E-state index in [0.717, 1.165) is 12.0 Å². The number of nitrogens with one attached hydrogen (secondary N) is 2. The van der Waals surface area contributed by atoms with Gasteiger partial charge in [-0.1, -0.05) is 32.1 Å². The number of allylic oxidation sites excluding steroid dienone is 2. The number of anilines is 1. The van der Waals surface area contributed by atoms with Crippen LogP contribution in [0.4, 0.5) is 5.69 Å². The molecular weight excluding hydrogens is 382 g/mol. The summed E-state index contributed by atoms with van der Waals surface area (Å²) in [5, 5.41) is 5.63. The maximum absolute atomic E-state index is 13.2. The van der Waals surface area contributed by atoms with Crippen LogP contribution in [0, 0.1) is 17.8 Å². The second-order valence-corrected chi connectivity index (χ2v) is 8.71. The minimum Gasteiger partial charge on any atom is -0.352 e. The molecule has 4 amide bonds. The van der Waals surface area contributed by atoms with Gasteiger partial charge in [-0.2, -0.15) is 0 Å². The Kier molecular flexibility index (Phi) is 5.45. The number of carbonyl (C=O) groups excluding carboxylic acids is 4.